The van der Waals surface area contributed by atoms with Gasteiger partial charge in [0.1, 0.15) is 11.1 Å². The summed E-state index contributed by atoms with van der Waals surface area (Å²) < 4.78 is 30.6. The molecule has 2 N–H and O–H groups in total. The predicted molar refractivity (Wildman–Crippen MR) is 135 cm³/mol. The number of benzene rings is 1. The Hall–Kier alpha value is -3.60. The smallest absolute Gasteiger partial charge is 0.388 e. The maximum absolute atomic E-state index is 13.9. The summed E-state index contributed by atoms with van der Waals surface area (Å²) in [4.78, 5) is 45.4. The largest absolute Gasteiger partial charge is 0.480 e. The van der Waals surface area contributed by atoms with E-state index in [4.69, 9.17) is 0 Å². The molecule has 1 aromatic carbocycles. The molecule has 0 spiro atoms. The second-order valence-electron chi connectivity index (χ2n) is 10.2. The lowest BCUT2D eigenvalue weighted by Gasteiger charge is -2.50. The summed E-state index contributed by atoms with van der Waals surface area (Å²) in [5, 5.41) is 11.9. The van der Waals surface area contributed by atoms with Crippen molar-refractivity contribution >= 4 is 23.5 Å². The number of carboxylic acids is 1. The standard InChI is InChI=1S/C27H32F2N4O5/c1-16(2)19-6-4-5-7-20(19)27(25(37)31-21-11-8-17(3)30-24(21)38-26(28)29)14-33(15-27)22(34)12-32(13-23(35)36)18-9-10-18/h4-8,11,16,18,26H,9-10,12-15H2,1-3H3,(H,31,37)(H,35,36). The molecule has 2 heterocycles. The maximum atomic E-state index is 13.9. The molecule has 204 valence electrons. The molecule has 11 heteroatoms. The summed E-state index contributed by atoms with van der Waals surface area (Å²) in [6.07, 6.45) is 1.70. The fourth-order valence-electron chi connectivity index (χ4n) is 4.90. The number of anilines is 1. The highest BCUT2D eigenvalue weighted by atomic mass is 19.3. The number of alkyl halides is 2. The maximum Gasteiger partial charge on any atom is 0.388 e. The van der Waals surface area contributed by atoms with Gasteiger partial charge in [-0.3, -0.25) is 19.3 Å². The Labute approximate surface area is 219 Å². The molecule has 2 fully saturated rings. The number of carbonyl (C=O) groups excluding carboxylic acids is 2. The van der Waals surface area contributed by atoms with Crippen LogP contribution in [0.4, 0.5) is 14.5 Å². The van der Waals surface area contributed by atoms with Crippen LogP contribution in [0.1, 0.15) is 49.4 Å². The Kier molecular flexibility index (Phi) is 7.96. The summed E-state index contributed by atoms with van der Waals surface area (Å²) >= 11 is 0. The molecule has 9 nitrogen and oxygen atoms in total. The fraction of sp³-hybridized carbons (Fsp3) is 0.481. The Morgan fingerprint density at radius 1 is 1.16 bits per heavy atom. The number of hydrogen-bond acceptors (Lipinski definition) is 6. The third-order valence-electron chi connectivity index (χ3n) is 7.00. The molecule has 1 saturated carbocycles. The van der Waals surface area contributed by atoms with Crippen LogP contribution < -0.4 is 10.1 Å². The van der Waals surface area contributed by atoms with Crippen LogP contribution >= 0.6 is 0 Å². The van der Waals surface area contributed by atoms with E-state index in [-0.39, 0.29) is 55.6 Å². The summed E-state index contributed by atoms with van der Waals surface area (Å²) in [5.74, 6) is -2.03. The fourth-order valence-corrected chi connectivity index (χ4v) is 4.90. The lowest BCUT2D eigenvalue weighted by atomic mass is 9.69. The van der Waals surface area contributed by atoms with Crippen molar-refractivity contribution in [1.82, 2.24) is 14.8 Å². The van der Waals surface area contributed by atoms with Gasteiger partial charge < -0.3 is 20.1 Å². The highest BCUT2D eigenvalue weighted by Crippen LogP contribution is 2.41. The first kappa shape index (κ1) is 27.4. The van der Waals surface area contributed by atoms with Crippen LogP contribution in [0, 0.1) is 6.92 Å². The third kappa shape index (κ3) is 5.93. The van der Waals surface area contributed by atoms with Gasteiger partial charge in [0.05, 0.1) is 13.1 Å². The van der Waals surface area contributed by atoms with Crippen LogP contribution in [0.15, 0.2) is 36.4 Å². The molecule has 2 aromatic rings. The van der Waals surface area contributed by atoms with Crippen LogP contribution in [-0.4, -0.2) is 76.5 Å². The van der Waals surface area contributed by atoms with Gasteiger partial charge in [-0.1, -0.05) is 38.1 Å². The molecule has 1 aromatic heterocycles. The molecule has 0 unspecified atom stereocenters. The van der Waals surface area contributed by atoms with Crippen molar-refractivity contribution in [3.63, 3.8) is 0 Å². The summed E-state index contributed by atoms with van der Waals surface area (Å²) in [5.41, 5.74) is 0.999. The van der Waals surface area contributed by atoms with Crippen molar-refractivity contribution in [2.75, 3.05) is 31.5 Å². The Balaban J connectivity index is 1.61. The van der Waals surface area contributed by atoms with Gasteiger partial charge in [-0.05, 0) is 48.9 Å². The van der Waals surface area contributed by atoms with Gasteiger partial charge in [-0.15, -0.1) is 0 Å². The van der Waals surface area contributed by atoms with Crippen LogP contribution in [-0.2, 0) is 19.8 Å². The van der Waals surface area contributed by atoms with Gasteiger partial charge in [0.25, 0.3) is 0 Å². The number of nitrogens with zero attached hydrogens (tertiary/aromatic N) is 3. The zero-order valence-corrected chi connectivity index (χ0v) is 21.6. The number of hydrogen-bond donors (Lipinski definition) is 2. The average Bonchev–Trinajstić information content (AvgIpc) is 3.65. The number of aromatic nitrogens is 1. The number of aryl methyl sites for hydroxylation is 1. The van der Waals surface area contributed by atoms with E-state index in [1.54, 1.807) is 17.9 Å². The van der Waals surface area contributed by atoms with Crippen LogP contribution in [0.25, 0.3) is 0 Å². The number of likely N-dealkylation sites (tertiary alicyclic amines) is 1. The lowest BCUT2D eigenvalue weighted by molar-refractivity contribution is -0.146. The molecule has 1 aliphatic carbocycles. The summed E-state index contributed by atoms with van der Waals surface area (Å²) in [7, 11) is 0. The van der Waals surface area contributed by atoms with Crippen LogP contribution in [0.5, 0.6) is 5.88 Å². The summed E-state index contributed by atoms with van der Waals surface area (Å²) in [6.45, 7) is 2.37. The van der Waals surface area contributed by atoms with Crippen molar-refractivity contribution in [3.05, 3.63) is 53.2 Å². The first-order chi connectivity index (χ1) is 18.0. The highest BCUT2D eigenvalue weighted by Gasteiger charge is 2.53. The minimum absolute atomic E-state index is 0.00782. The van der Waals surface area contributed by atoms with E-state index >= 15 is 0 Å². The molecule has 2 amide bonds. The minimum Gasteiger partial charge on any atom is -0.480 e. The van der Waals surface area contributed by atoms with Gasteiger partial charge in [-0.2, -0.15) is 8.78 Å². The second-order valence-corrected chi connectivity index (χ2v) is 10.2. The lowest BCUT2D eigenvalue weighted by Crippen LogP contribution is -2.67. The Bertz CT molecular complexity index is 1210. The van der Waals surface area contributed by atoms with Gasteiger partial charge in [0, 0.05) is 24.8 Å². The van der Waals surface area contributed by atoms with E-state index in [1.807, 2.05) is 38.1 Å². The number of nitrogens with one attached hydrogen (secondary N) is 1. The number of pyridine rings is 1. The van der Waals surface area contributed by atoms with E-state index in [1.165, 1.54) is 11.0 Å². The molecule has 0 atom stereocenters. The zero-order valence-electron chi connectivity index (χ0n) is 21.6. The Morgan fingerprint density at radius 2 is 1.84 bits per heavy atom. The molecular formula is C27H32F2N4O5. The highest BCUT2D eigenvalue weighted by molar-refractivity contribution is 6.02. The normalized spacial score (nSPS) is 16.5. The summed E-state index contributed by atoms with van der Waals surface area (Å²) in [6, 6.07) is 10.6. The first-order valence-corrected chi connectivity index (χ1v) is 12.6. The molecule has 1 aliphatic heterocycles. The average molecular weight is 531 g/mol. The SMILES string of the molecule is Cc1ccc(NC(=O)C2(c3ccccc3C(C)C)CN(C(=O)CN(CC(=O)O)C3CC3)C2)c(OC(F)F)n1. The van der Waals surface area contributed by atoms with E-state index in [0.717, 1.165) is 24.0 Å². The monoisotopic (exact) mass is 530 g/mol. The van der Waals surface area contributed by atoms with E-state index in [0.29, 0.717) is 5.69 Å². The number of amides is 2. The van der Waals surface area contributed by atoms with Gasteiger partial charge >= 0.3 is 12.6 Å². The van der Waals surface area contributed by atoms with Crippen molar-refractivity contribution in [2.45, 2.75) is 57.6 Å². The van der Waals surface area contributed by atoms with Crippen molar-refractivity contribution < 1.29 is 33.0 Å². The van der Waals surface area contributed by atoms with Crippen LogP contribution in [0.3, 0.4) is 0 Å². The van der Waals surface area contributed by atoms with Crippen molar-refractivity contribution in [1.29, 1.82) is 0 Å². The number of halogens is 2. The molecule has 1 saturated heterocycles. The van der Waals surface area contributed by atoms with Crippen LogP contribution in [0.2, 0.25) is 0 Å². The zero-order chi connectivity index (χ0) is 27.6. The molecule has 0 radical (unpaired) electrons. The van der Waals surface area contributed by atoms with E-state index in [2.05, 4.69) is 15.0 Å². The van der Waals surface area contributed by atoms with Crippen molar-refractivity contribution in [2.24, 2.45) is 0 Å². The number of aliphatic carboxylic acids is 1. The third-order valence-corrected chi connectivity index (χ3v) is 7.00. The van der Waals surface area contributed by atoms with E-state index in [9.17, 15) is 28.3 Å². The number of ether oxygens (including phenoxy) is 1. The van der Waals surface area contributed by atoms with E-state index < -0.39 is 23.9 Å². The molecule has 38 heavy (non-hydrogen) atoms. The molecule has 2 aliphatic rings. The second kappa shape index (κ2) is 11.0. The topological polar surface area (TPSA) is 112 Å². The van der Waals surface area contributed by atoms with Gasteiger partial charge in [-0.25, -0.2) is 4.98 Å². The minimum atomic E-state index is -3.12. The molecular weight excluding hydrogens is 498 g/mol. The number of carboxylic acid groups (broad SMARTS) is 1. The van der Waals surface area contributed by atoms with Gasteiger partial charge in [0.15, 0.2) is 0 Å². The number of carbonyl (C=O) groups is 3. The first-order valence-electron chi connectivity index (χ1n) is 12.6. The molecule has 4 rings (SSSR count). The quantitative estimate of drug-likeness (QED) is 0.458. The van der Waals surface area contributed by atoms with Crippen molar-refractivity contribution in [3.8, 4) is 5.88 Å². The molecule has 0 bridgehead atoms. The predicted octanol–water partition coefficient (Wildman–Crippen LogP) is 3.38. The number of rotatable bonds is 11. The Morgan fingerprint density at radius 3 is 2.45 bits per heavy atom. The van der Waals surface area contributed by atoms with Gasteiger partial charge in [0.2, 0.25) is 17.7 Å².